The lowest BCUT2D eigenvalue weighted by Gasteiger charge is -2.26. The Labute approximate surface area is 119 Å². The summed E-state index contributed by atoms with van der Waals surface area (Å²) in [5.74, 6) is 0. The van der Waals surface area contributed by atoms with Crippen LogP contribution in [0.25, 0.3) is 0 Å². The Morgan fingerprint density at radius 3 is 2.63 bits per heavy atom. The van der Waals surface area contributed by atoms with Crippen LogP contribution in [0.5, 0.6) is 0 Å². The highest BCUT2D eigenvalue weighted by atomic mass is 32.1. The molecule has 2 heteroatoms. The van der Waals surface area contributed by atoms with Gasteiger partial charge in [0.25, 0.3) is 0 Å². The summed E-state index contributed by atoms with van der Waals surface area (Å²) in [6.45, 7) is 3.35. The van der Waals surface area contributed by atoms with Gasteiger partial charge in [0.15, 0.2) is 0 Å². The molecule has 1 aromatic heterocycles. The van der Waals surface area contributed by atoms with Crippen molar-refractivity contribution in [3.05, 3.63) is 69.9 Å². The van der Waals surface area contributed by atoms with Crippen LogP contribution in [0.4, 0.5) is 0 Å². The second kappa shape index (κ2) is 6.18. The zero-order valence-corrected chi connectivity index (χ0v) is 11.9. The van der Waals surface area contributed by atoms with Crippen LogP contribution in [0, 0.1) is 0 Å². The fourth-order valence-corrected chi connectivity index (χ4v) is 3.29. The fraction of sp³-hybridized carbons (Fsp3) is 0.294. The predicted octanol–water partition coefficient (Wildman–Crippen LogP) is 4.12. The van der Waals surface area contributed by atoms with Gasteiger partial charge in [-0.1, -0.05) is 48.0 Å². The third kappa shape index (κ3) is 3.55. The van der Waals surface area contributed by atoms with Crippen molar-refractivity contribution in [1.82, 2.24) is 4.90 Å². The first-order chi connectivity index (χ1) is 9.40. The van der Waals surface area contributed by atoms with Gasteiger partial charge in [-0.15, -0.1) is 11.3 Å². The molecule has 0 amide bonds. The molecule has 0 radical (unpaired) electrons. The Morgan fingerprint density at radius 2 is 1.95 bits per heavy atom. The number of rotatable bonds is 4. The lowest BCUT2D eigenvalue weighted by Crippen LogP contribution is -2.28. The molecule has 0 atom stereocenters. The second-order valence-electron chi connectivity index (χ2n) is 5.09. The van der Waals surface area contributed by atoms with Gasteiger partial charge in [0, 0.05) is 30.9 Å². The minimum atomic E-state index is 1.07. The number of nitrogens with zero attached hydrogens (tertiary/aromatic N) is 1. The summed E-state index contributed by atoms with van der Waals surface area (Å²) in [7, 11) is 0. The highest BCUT2D eigenvalue weighted by Gasteiger charge is 2.12. The molecular formula is C17H19NS. The first kappa shape index (κ1) is 12.6. The van der Waals surface area contributed by atoms with E-state index in [9.17, 15) is 0 Å². The van der Waals surface area contributed by atoms with E-state index in [1.807, 2.05) is 11.3 Å². The quantitative estimate of drug-likeness (QED) is 0.755. The molecule has 19 heavy (non-hydrogen) atoms. The van der Waals surface area contributed by atoms with Crippen molar-refractivity contribution in [1.29, 1.82) is 0 Å². The molecule has 0 bridgehead atoms. The van der Waals surface area contributed by atoms with Crippen molar-refractivity contribution < 1.29 is 0 Å². The van der Waals surface area contributed by atoms with Crippen LogP contribution in [-0.4, -0.2) is 18.0 Å². The molecule has 0 fully saturated rings. The minimum absolute atomic E-state index is 1.07. The highest BCUT2D eigenvalue weighted by molar-refractivity contribution is 7.09. The van der Waals surface area contributed by atoms with Gasteiger partial charge < -0.3 is 0 Å². The van der Waals surface area contributed by atoms with Crippen LogP contribution in [-0.2, 0) is 13.0 Å². The Kier molecular flexibility index (Phi) is 4.11. The van der Waals surface area contributed by atoms with Crippen LogP contribution in [0.1, 0.15) is 16.9 Å². The number of hydrogen-bond donors (Lipinski definition) is 0. The summed E-state index contributed by atoms with van der Waals surface area (Å²) in [6.07, 6.45) is 4.79. The van der Waals surface area contributed by atoms with Gasteiger partial charge in [0.2, 0.25) is 0 Å². The lowest BCUT2D eigenvalue weighted by molar-refractivity contribution is 0.285. The van der Waals surface area contributed by atoms with Gasteiger partial charge >= 0.3 is 0 Å². The van der Waals surface area contributed by atoms with Gasteiger partial charge in [-0.05, 0) is 23.4 Å². The molecule has 3 rings (SSSR count). The summed E-state index contributed by atoms with van der Waals surface area (Å²) in [5, 5.41) is 2.17. The summed E-state index contributed by atoms with van der Waals surface area (Å²) in [5.41, 5.74) is 3.02. The van der Waals surface area contributed by atoms with E-state index in [0.717, 1.165) is 19.5 Å². The molecule has 0 saturated heterocycles. The molecule has 1 aliphatic rings. The first-order valence-corrected chi connectivity index (χ1v) is 7.75. The molecule has 1 nitrogen and oxygen atoms in total. The Balaban J connectivity index is 1.55. The molecule has 0 N–H and O–H groups in total. The third-order valence-electron chi connectivity index (χ3n) is 3.62. The molecule has 0 saturated carbocycles. The highest BCUT2D eigenvalue weighted by Crippen LogP contribution is 2.20. The number of benzene rings is 1. The summed E-state index contributed by atoms with van der Waals surface area (Å²) < 4.78 is 0. The van der Waals surface area contributed by atoms with Crippen molar-refractivity contribution in [2.45, 2.75) is 19.4 Å². The van der Waals surface area contributed by atoms with Gasteiger partial charge in [-0.3, -0.25) is 4.90 Å². The smallest absolute Gasteiger partial charge is 0.0237 e. The number of hydrogen-bond acceptors (Lipinski definition) is 2. The zero-order valence-electron chi connectivity index (χ0n) is 11.1. The Bertz CT molecular complexity index is 528. The van der Waals surface area contributed by atoms with Gasteiger partial charge in [0.1, 0.15) is 0 Å². The van der Waals surface area contributed by atoms with Crippen LogP contribution < -0.4 is 0 Å². The van der Waals surface area contributed by atoms with Gasteiger partial charge in [-0.2, -0.15) is 0 Å². The van der Waals surface area contributed by atoms with E-state index in [0.29, 0.717) is 0 Å². The maximum absolute atomic E-state index is 2.52. The van der Waals surface area contributed by atoms with E-state index in [2.05, 4.69) is 58.8 Å². The molecule has 1 aromatic carbocycles. The fourth-order valence-electron chi connectivity index (χ4n) is 2.54. The Morgan fingerprint density at radius 1 is 1.05 bits per heavy atom. The van der Waals surface area contributed by atoms with Crippen LogP contribution >= 0.6 is 11.3 Å². The van der Waals surface area contributed by atoms with E-state index in [4.69, 9.17) is 0 Å². The van der Waals surface area contributed by atoms with Crippen LogP contribution in [0.3, 0.4) is 0 Å². The molecule has 2 heterocycles. The average Bonchev–Trinajstić information content (AvgIpc) is 2.95. The largest absolute Gasteiger partial charge is 0.295 e. The van der Waals surface area contributed by atoms with Crippen molar-refractivity contribution in [3.8, 4) is 0 Å². The minimum Gasteiger partial charge on any atom is -0.295 e. The Hall–Kier alpha value is -1.38. The molecule has 2 aromatic rings. The molecule has 0 spiro atoms. The van der Waals surface area contributed by atoms with Crippen molar-refractivity contribution in [2.24, 2.45) is 0 Å². The second-order valence-corrected chi connectivity index (χ2v) is 6.12. The van der Waals surface area contributed by atoms with Crippen molar-refractivity contribution in [3.63, 3.8) is 0 Å². The van der Waals surface area contributed by atoms with Gasteiger partial charge in [-0.25, -0.2) is 0 Å². The van der Waals surface area contributed by atoms with E-state index >= 15 is 0 Å². The first-order valence-electron chi connectivity index (χ1n) is 6.87. The van der Waals surface area contributed by atoms with Crippen LogP contribution in [0.2, 0.25) is 0 Å². The topological polar surface area (TPSA) is 3.24 Å². The van der Waals surface area contributed by atoms with Crippen molar-refractivity contribution >= 4 is 11.3 Å². The monoisotopic (exact) mass is 269 g/mol. The molecule has 1 aliphatic heterocycles. The van der Waals surface area contributed by atoms with E-state index in [-0.39, 0.29) is 0 Å². The summed E-state index contributed by atoms with van der Waals surface area (Å²) in [6, 6.07) is 15.1. The molecule has 0 aliphatic carbocycles. The normalized spacial score (nSPS) is 16.3. The average molecular weight is 269 g/mol. The maximum atomic E-state index is 2.52. The van der Waals surface area contributed by atoms with Gasteiger partial charge in [0.05, 0.1) is 0 Å². The van der Waals surface area contributed by atoms with E-state index in [1.165, 1.54) is 23.4 Å². The molecule has 0 unspecified atom stereocenters. The number of thiophene rings is 1. The predicted molar refractivity (Wildman–Crippen MR) is 82.4 cm³/mol. The van der Waals surface area contributed by atoms with Crippen molar-refractivity contribution in [2.75, 3.05) is 13.1 Å². The molecule has 98 valence electrons. The van der Waals surface area contributed by atoms with E-state index < -0.39 is 0 Å². The van der Waals surface area contributed by atoms with Crippen LogP contribution in [0.15, 0.2) is 59.5 Å². The standard InChI is InChI=1S/C17H19NS/c1-2-5-16(6-3-1)14-18-10-8-15(9-11-18)13-17-7-4-12-19-17/h1-8,12H,9-11,13-14H2. The summed E-state index contributed by atoms with van der Waals surface area (Å²) in [4.78, 5) is 4.01. The third-order valence-corrected chi connectivity index (χ3v) is 4.49. The zero-order chi connectivity index (χ0) is 12.9. The molecular weight excluding hydrogens is 250 g/mol. The SMILES string of the molecule is C1=C(Cc2cccs2)CCN(Cc2ccccc2)C1. The summed E-state index contributed by atoms with van der Waals surface area (Å²) >= 11 is 1.87. The maximum Gasteiger partial charge on any atom is 0.0237 e. The lowest BCUT2D eigenvalue weighted by atomic mass is 10.0. The van der Waals surface area contributed by atoms with E-state index in [1.54, 1.807) is 5.57 Å².